The second-order valence-electron chi connectivity index (χ2n) is 4.36. The van der Waals surface area contributed by atoms with Gasteiger partial charge in [-0.15, -0.1) is 0 Å². The zero-order valence-corrected chi connectivity index (χ0v) is 11.2. The monoisotopic (exact) mass is 285 g/mol. The highest BCUT2D eigenvalue weighted by Crippen LogP contribution is 2.38. The number of hydrogen-bond acceptors (Lipinski definition) is 4. The van der Waals surface area contributed by atoms with E-state index < -0.39 is 12.0 Å². The molecule has 2 N–H and O–H groups in total. The first kappa shape index (κ1) is 12.7. The van der Waals surface area contributed by atoms with Crippen LogP contribution in [0.15, 0.2) is 58.4 Å². The molecule has 0 saturated heterocycles. The van der Waals surface area contributed by atoms with Gasteiger partial charge in [0.1, 0.15) is 10.8 Å². The standard InChI is InChI=1S/C15H11NO3S/c17-10-7-5-9(6-8-10)14-16-13(15(18)19)11-3-1-2-4-12(11)20-14/h1-8,13,17H,(H,18,19). The second kappa shape index (κ2) is 5.02. The fourth-order valence-corrected chi connectivity index (χ4v) is 3.11. The van der Waals surface area contributed by atoms with Crippen LogP contribution in [0.25, 0.3) is 0 Å². The predicted molar refractivity (Wildman–Crippen MR) is 77.3 cm³/mol. The van der Waals surface area contributed by atoms with Crippen LogP contribution in [0.4, 0.5) is 0 Å². The van der Waals surface area contributed by atoms with Crippen molar-refractivity contribution < 1.29 is 15.0 Å². The molecule has 2 aromatic rings. The molecule has 4 nitrogen and oxygen atoms in total. The molecular weight excluding hydrogens is 274 g/mol. The number of benzene rings is 2. The van der Waals surface area contributed by atoms with Crippen LogP contribution in [0, 0.1) is 0 Å². The number of thioether (sulfide) groups is 1. The quantitative estimate of drug-likeness (QED) is 0.889. The van der Waals surface area contributed by atoms with Crippen molar-refractivity contribution in [3.05, 3.63) is 59.7 Å². The highest BCUT2D eigenvalue weighted by molar-refractivity contribution is 8.14. The van der Waals surface area contributed by atoms with Crippen LogP contribution in [0.1, 0.15) is 17.2 Å². The van der Waals surface area contributed by atoms with Gasteiger partial charge in [0, 0.05) is 16.0 Å². The number of rotatable bonds is 2. The molecule has 20 heavy (non-hydrogen) atoms. The number of aromatic hydroxyl groups is 1. The van der Waals surface area contributed by atoms with Gasteiger partial charge in [0.25, 0.3) is 0 Å². The van der Waals surface area contributed by atoms with E-state index in [1.54, 1.807) is 30.3 Å². The van der Waals surface area contributed by atoms with Gasteiger partial charge >= 0.3 is 5.97 Å². The summed E-state index contributed by atoms with van der Waals surface area (Å²) in [5.41, 5.74) is 1.51. The van der Waals surface area contributed by atoms with E-state index in [-0.39, 0.29) is 5.75 Å². The molecule has 1 atom stereocenters. The third-order valence-electron chi connectivity index (χ3n) is 3.01. The number of phenolic OH excluding ortho intramolecular Hbond substituents is 1. The normalized spacial score (nSPS) is 17.2. The Morgan fingerprint density at radius 2 is 1.80 bits per heavy atom. The minimum atomic E-state index is -0.964. The molecule has 5 heteroatoms. The summed E-state index contributed by atoms with van der Waals surface area (Å²) < 4.78 is 0. The number of nitrogens with zero attached hydrogens (tertiary/aromatic N) is 1. The Morgan fingerprint density at radius 3 is 2.50 bits per heavy atom. The van der Waals surface area contributed by atoms with Crippen molar-refractivity contribution in [2.24, 2.45) is 4.99 Å². The number of aliphatic imine (C=N–C) groups is 1. The second-order valence-corrected chi connectivity index (χ2v) is 5.39. The van der Waals surface area contributed by atoms with Gasteiger partial charge in [-0.2, -0.15) is 0 Å². The number of carboxylic acid groups (broad SMARTS) is 1. The number of fused-ring (bicyclic) bond motifs is 1. The largest absolute Gasteiger partial charge is 0.508 e. The maximum atomic E-state index is 11.4. The van der Waals surface area contributed by atoms with Crippen LogP contribution >= 0.6 is 11.8 Å². The number of hydrogen-bond donors (Lipinski definition) is 2. The average molecular weight is 285 g/mol. The first-order valence-electron chi connectivity index (χ1n) is 6.02. The average Bonchev–Trinajstić information content (AvgIpc) is 2.46. The summed E-state index contributed by atoms with van der Waals surface area (Å²) in [6, 6.07) is 13.1. The highest BCUT2D eigenvalue weighted by atomic mass is 32.2. The fourth-order valence-electron chi connectivity index (χ4n) is 2.04. The van der Waals surface area contributed by atoms with Crippen molar-refractivity contribution in [2.75, 3.05) is 0 Å². The summed E-state index contributed by atoms with van der Waals surface area (Å²) in [6.45, 7) is 0. The van der Waals surface area contributed by atoms with E-state index in [1.165, 1.54) is 11.8 Å². The van der Waals surface area contributed by atoms with Crippen molar-refractivity contribution in [3.63, 3.8) is 0 Å². The highest BCUT2D eigenvalue weighted by Gasteiger charge is 2.27. The van der Waals surface area contributed by atoms with Crippen LogP contribution in [0.5, 0.6) is 5.75 Å². The zero-order chi connectivity index (χ0) is 14.1. The van der Waals surface area contributed by atoms with Crippen molar-refractivity contribution in [1.82, 2.24) is 0 Å². The molecule has 2 aromatic carbocycles. The van der Waals surface area contributed by atoms with Crippen molar-refractivity contribution in [1.29, 1.82) is 0 Å². The molecule has 0 saturated carbocycles. The molecule has 1 unspecified atom stereocenters. The molecular formula is C15H11NO3S. The van der Waals surface area contributed by atoms with Gasteiger partial charge in [0.05, 0.1) is 0 Å². The molecule has 0 fully saturated rings. The van der Waals surface area contributed by atoms with Gasteiger partial charge < -0.3 is 10.2 Å². The van der Waals surface area contributed by atoms with Crippen molar-refractivity contribution in [2.45, 2.75) is 10.9 Å². The Bertz CT molecular complexity index is 695. The molecule has 3 rings (SSSR count). The van der Waals surface area contributed by atoms with Crippen LogP contribution < -0.4 is 0 Å². The van der Waals surface area contributed by atoms with Gasteiger partial charge in [0.15, 0.2) is 6.04 Å². The van der Waals surface area contributed by atoms with E-state index in [2.05, 4.69) is 4.99 Å². The first-order chi connectivity index (χ1) is 9.65. The smallest absolute Gasteiger partial charge is 0.333 e. The lowest BCUT2D eigenvalue weighted by Gasteiger charge is -2.20. The molecule has 0 amide bonds. The first-order valence-corrected chi connectivity index (χ1v) is 6.83. The minimum absolute atomic E-state index is 0.172. The van der Waals surface area contributed by atoms with Gasteiger partial charge in [-0.25, -0.2) is 4.79 Å². The SMILES string of the molecule is O=C(O)C1N=C(c2ccc(O)cc2)Sc2ccccc21. The van der Waals surface area contributed by atoms with Crippen LogP contribution in [0.3, 0.4) is 0 Å². The number of carboxylic acids is 1. The summed E-state index contributed by atoms with van der Waals surface area (Å²) in [6.07, 6.45) is 0. The molecule has 0 aromatic heterocycles. The van der Waals surface area contributed by atoms with E-state index >= 15 is 0 Å². The molecule has 100 valence electrons. The lowest BCUT2D eigenvalue weighted by atomic mass is 10.1. The number of aliphatic carboxylic acids is 1. The van der Waals surface area contributed by atoms with E-state index in [0.717, 1.165) is 10.5 Å². The Kier molecular flexibility index (Phi) is 3.20. The Hall–Kier alpha value is -2.27. The van der Waals surface area contributed by atoms with E-state index in [0.29, 0.717) is 10.6 Å². The molecule has 1 heterocycles. The third-order valence-corrected chi connectivity index (χ3v) is 4.14. The third kappa shape index (κ3) is 2.28. The number of phenols is 1. The zero-order valence-electron chi connectivity index (χ0n) is 10.4. The molecule has 0 radical (unpaired) electrons. The maximum Gasteiger partial charge on any atom is 0.333 e. The van der Waals surface area contributed by atoms with E-state index in [9.17, 15) is 15.0 Å². The number of carbonyl (C=O) groups is 1. The maximum absolute atomic E-state index is 11.4. The van der Waals surface area contributed by atoms with Gasteiger partial charge in [-0.05, 0) is 30.3 Å². The molecule has 0 bridgehead atoms. The summed E-state index contributed by atoms with van der Waals surface area (Å²) >= 11 is 1.44. The van der Waals surface area contributed by atoms with Gasteiger partial charge in [0.2, 0.25) is 0 Å². The van der Waals surface area contributed by atoms with Crippen LogP contribution in [0.2, 0.25) is 0 Å². The summed E-state index contributed by atoms with van der Waals surface area (Å²) in [5, 5.41) is 19.3. The summed E-state index contributed by atoms with van der Waals surface area (Å²) in [4.78, 5) is 16.6. The van der Waals surface area contributed by atoms with Crippen LogP contribution in [-0.4, -0.2) is 21.2 Å². The summed E-state index contributed by atoms with van der Waals surface area (Å²) in [5.74, 6) is -0.792. The minimum Gasteiger partial charge on any atom is -0.508 e. The van der Waals surface area contributed by atoms with Gasteiger partial charge in [-0.3, -0.25) is 4.99 Å². The molecule has 0 aliphatic carbocycles. The van der Waals surface area contributed by atoms with E-state index in [4.69, 9.17) is 0 Å². The van der Waals surface area contributed by atoms with Crippen molar-refractivity contribution in [3.8, 4) is 5.75 Å². The lowest BCUT2D eigenvalue weighted by molar-refractivity contribution is -0.138. The van der Waals surface area contributed by atoms with Gasteiger partial charge in [-0.1, -0.05) is 30.0 Å². The molecule has 0 spiro atoms. The topological polar surface area (TPSA) is 69.9 Å². The van der Waals surface area contributed by atoms with E-state index in [1.807, 2.05) is 18.2 Å². The predicted octanol–water partition coefficient (Wildman–Crippen LogP) is 3.07. The van der Waals surface area contributed by atoms with Crippen molar-refractivity contribution >= 4 is 22.8 Å². The molecule has 1 aliphatic heterocycles. The summed E-state index contributed by atoms with van der Waals surface area (Å²) in [7, 11) is 0. The lowest BCUT2D eigenvalue weighted by Crippen LogP contribution is -2.16. The molecule has 1 aliphatic rings. The fraction of sp³-hybridized carbons (Fsp3) is 0.0667. The Morgan fingerprint density at radius 1 is 1.10 bits per heavy atom. The Labute approximate surface area is 119 Å². The van der Waals surface area contributed by atoms with Crippen LogP contribution in [-0.2, 0) is 4.79 Å². The Balaban J connectivity index is 2.06.